The predicted molar refractivity (Wildman–Crippen MR) is 76.7 cm³/mol. The lowest BCUT2D eigenvalue weighted by Crippen LogP contribution is -2.52. The molecule has 0 aromatic carbocycles. The molecule has 2 unspecified atom stereocenters. The summed E-state index contributed by atoms with van der Waals surface area (Å²) < 4.78 is 32.3. The molecule has 2 aliphatic rings. The molecule has 0 amide bonds. The Labute approximate surface area is 121 Å². The van der Waals surface area contributed by atoms with Gasteiger partial charge in [0.2, 0.25) is 10.0 Å². The van der Waals surface area contributed by atoms with Crippen LogP contribution in [0.25, 0.3) is 0 Å². The van der Waals surface area contributed by atoms with E-state index in [1.807, 2.05) is 13.8 Å². The summed E-state index contributed by atoms with van der Waals surface area (Å²) in [5.74, 6) is -0.875. The van der Waals surface area contributed by atoms with Crippen LogP contribution in [0.1, 0.15) is 52.4 Å². The number of ether oxygens (including phenoxy) is 1. The maximum atomic E-state index is 13.0. The number of rotatable bonds is 3. The predicted octanol–water partition coefficient (Wildman–Crippen LogP) is 1.92. The number of esters is 1. The zero-order valence-electron chi connectivity index (χ0n) is 12.5. The second-order valence-corrected chi connectivity index (χ2v) is 8.16. The summed E-state index contributed by atoms with van der Waals surface area (Å²) in [6, 6.07) is 0.0605. The SMILES string of the molecule is COC(=O)C1CCCC1S(=O)(=O)N1[C@H](C)CCC[C@@H]1C. The molecule has 20 heavy (non-hydrogen) atoms. The monoisotopic (exact) mass is 303 g/mol. The molecule has 0 N–H and O–H groups in total. The van der Waals surface area contributed by atoms with E-state index in [4.69, 9.17) is 4.74 Å². The first kappa shape index (κ1) is 15.8. The fourth-order valence-corrected chi connectivity index (χ4v) is 6.41. The summed E-state index contributed by atoms with van der Waals surface area (Å²) in [4.78, 5) is 11.8. The topological polar surface area (TPSA) is 63.7 Å². The maximum absolute atomic E-state index is 13.0. The Morgan fingerprint density at radius 2 is 1.60 bits per heavy atom. The highest BCUT2D eigenvalue weighted by molar-refractivity contribution is 7.89. The van der Waals surface area contributed by atoms with Crippen molar-refractivity contribution >= 4 is 16.0 Å². The van der Waals surface area contributed by atoms with E-state index in [2.05, 4.69) is 0 Å². The first-order valence-corrected chi connectivity index (χ1v) is 9.00. The van der Waals surface area contributed by atoms with Gasteiger partial charge in [0.1, 0.15) is 0 Å². The molecule has 6 heteroatoms. The number of hydrogen-bond donors (Lipinski definition) is 0. The van der Waals surface area contributed by atoms with Gasteiger partial charge in [0.25, 0.3) is 0 Å². The number of carbonyl (C=O) groups is 1. The van der Waals surface area contributed by atoms with Crippen LogP contribution >= 0.6 is 0 Å². The van der Waals surface area contributed by atoms with E-state index < -0.39 is 21.2 Å². The number of nitrogens with zero attached hydrogens (tertiary/aromatic N) is 1. The lowest BCUT2D eigenvalue weighted by atomic mass is 10.0. The normalized spacial score (nSPS) is 36.0. The fourth-order valence-electron chi connectivity index (χ4n) is 3.76. The Morgan fingerprint density at radius 3 is 2.15 bits per heavy atom. The molecule has 1 aliphatic heterocycles. The standard InChI is InChI=1S/C14H25NO4S/c1-10-6-4-7-11(2)15(10)20(17,18)13-9-5-8-12(13)14(16)19-3/h10-13H,4-9H2,1-3H3/t10-,11+,12?,13?. The molecule has 116 valence electrons. The van der Waals surface area contributed by atoms with Crippen molar-refractivity contribution in [2.75, 3.05) is 7.11 Å². The van der Waals surface area contributed by atoms with Crippen molar-refractivity contribution in [1.82, 2.24) is 4.31 Å². The minimum Gasteiger partial charge on any atom is -0.469 e. The van der Waals surface area contributed by atoms with Crippen LogP contribution in [0.5, 0.6) is 0 Å². The second kappa shape index (κ2) is 6.02. The maximum Gasteiger partial charge on any atom is 0.310 e. The van der Waals surface area contributed by atoms with Gasteiger partial charge < -0.3 is 4.74 Å². The highest BCUT2D eigenvalue weighted by Gasteiger charge is 2.47. The molecule has 5 nitrogen and oxygen atoms in total. The van der Waals surface area contributed by atoms with E-state index in [1.54, 1.807) is 4.31 Å². The van der Waals surface area contributed by atoms with E-state index >= 15 is 0 Å². The largest absolute Gasteiger partial charge is 0.469 e. The number of carbonyl (C=O) groups excluding carboxylic acids is 1. The minimum atomic E-state index is -3.43. The quantitative estimate of drug-likeness (QED) is 0.747. The van der Waals surface area contributed by atoms with Crippen molar-refractivity contribution < 1.29 is 17.9 Å². The highest BCUT2D eigenvalue weighted by atomic mass is 32.2. The van der Waals surface area contributed by atoms with Gasteiger partial charge in [-0.15, -0.1) is 0 Å². The molecule has 4 atom stereocenters. The van der Waals surface area contributed by atoms with Crippen LogP contribution in [0.15, 0.2) is 0 Å². The Hall–Kier alpha value is -0.620. The lowest BCUT2D eigenvalue weighted by molar-refractivity contribution is -0.145. The number of sulfonamides is 1. The van der Waals surface area contributed by atoms with Gasteiger partial charge in [-0.25, -0.2) is 8.42 Å². The van der Waals surface area contributed by atoms with Crippen LogP contribution in [-0.2, 0) is 19.6 Å². The van der Waals surface area contributed by atoms with Crippen LogP contribution < -0.4 is 0 Å². The van der Waals surface area contributed by atoms with Crippen LogP contribution in [0.3, 0.4) is 0 Å². The first-order valence-electron chi connectivity index (χ1n) is 7.49. The third-order valence-electron chi connectivity index (χ3n) is 4.75. The summed E-state index contributed by atoms with van der Waals surface area (Å²) >= 11 is 0. The molecular formula is C14H25NO4S. The Kier molecular flexibility index (Phi) is 4.74. The Balaban J connectivity index is 2.26. The second-order valence-electron chi connectivity index (χ2n) is 6.10. The van der Waals surface area contributed by atoms with E-state index in [1.165, 1.54) is 7.11 Å². The molecule has 2 fully saturated rings. The zero-order valence-corrected chi connectivity index (χ0v) is 13.4. The zero-order chi connectivity index (χ0) is 14.9. The number of piperidine rings is 1. The molecule has 1 heterocycles. The van der Waals surface area contributed by atoms with Crippen LogP contribution in [0, 0.1) is 5.92 Å². The summed E-state index contributed by atoms with van der Waals surface area (Å²) in [5, 5.41) is -0.599. The first-order chi connectivity index (χ1) is 9.39. The van der Waals surface area contributed by atoms with E-state index in [0.717, 1.165) is 25.7 Å². The minimum absolute atomic E-state index is 0.0302. The van der Waals surface area contributed by atoms with Gasteiger partial charge in [0.05, 0.1) is 18.3 Å². The van der Waals surface area contributed by atoms with Crippen molar-refractivity contribution in [3.63, 3.8) is 0 Å². The van der Waals surface area contributed by atoms with E-state index in [-0.39, 0.29) is 18.1 Å². The van der Waals surface area contributed by atoms with Crippen molar-refractivity contribution in [3.05, 3.63) is 0 Å². The average Bonchev–Trinajstić information content (AvgIpc) is 2.87. The van der Waals surface area contributed by atoms with Crippen molar-refractivity contribution in [3.8, 4) is 0 Å². The van der Waals surface area contributed by atoms with Gasteiger partial charge in [0.15, 0.2) is 0 Å². The van der Waals surface area contributed by atoms with Crippen molar-refractivity contribution in [2.45, 2.75) is 69.7 Å². The van der Waals surface area contributed by atoms with Gasteiger partial charge in [-0.1, -0.05) is 12.8 Å². The molecule has 0 spiro atoms. The van der Waals surface area contributed by atoms with Crippen LogP contribution in [-0.4, -0.2) is 43.1 Å². The van der Waals surface area contributed by atoms with Crippen molar-refractivity contribution in [2.24, 2.45) is 5.92 Å². The van der Waals surface area contributed by atoms with Gasteiger partial charge in [-0.3, -0.25) is 4.79 Å². The highest BCUT2D eigenvalue weighted by Crippen LogP contribution is 2.37. The molecule has 0 radical (unpaired) electrons. The number of methoxy groups -OCH3 is 1. The summed E-state index contributed by atoms with van der Waals surface area (Å²) in [6.07, 6.45) is 4.84. The smallest absolute Gasteiger partial charge is 0.310 e. The van der Waals surface area contributed by atoms with Gasteiger partial charge >= 0.3 is 5.97 Å². The summed E-state index contributed by atoms with van der Waals surface area (Å²) in [7, 11) is -2.10. The molecule has 1 saturated carbocycles. The van der Waals surface area contributed by atoms with Gasteiger partial charge in [0, 0.05) is 12.1 Å². The van der Waals surface area contributed by atoms with Crippen LogP contribution in [0.2, 0.25) is 0 Å². The fraction of sp³-hybridized carbons (Fsp3) is 0.929. The van der Waals surface area contributed by atoms with E-state index in [9.17, 15) is 13.2 Å². The molecule has 1 aliphatic carbocycles. The molecule has 1 saturated heterocycles. The average molecular weight is 303 g/mol. The Bertz CT molecular complexity index is 452. The molecule has 2 rings (SSSR count). The van der Waals surface area contributed by atoms with Gasteiger partial charge in [-0.05, 0) is 39.5 Å². The van der Waals surface area contributed by atoms with E-state index in [0.29, 0.717) is 12.8 Å². The Morgan fingerprint density at radius 1 is 1.05 bits per heavy atom. The third-order valence-corrected chi connectivity index (χ3v) is 7.38. The lowest BCUT2D eigenvalue weighted by Gasteiger charge is -2.40. The third kappa shape index (κ3) is 2.72. The van der Waals surface area contributed by atoms with Crippen molar-refractivity contribution in [1.29, 1.82) is 0 Å². The number of hydrogen-bond acceptors (Lipinski definition) is 4. The molecule has 0 aromatic heterocycles. The molecular weight excluding hydrogens is 278 g/mol. The molecule has 0 bridgehead atoms. The molecule has 0 aromatic rings. The summed E-state index contributed by atoms with van der Waals surface area (Å²) in [6.45, 7) is 3.94. The van der Waals surface area contributed by atoms with Crippen LogP contribution in [0.4, 0.5) is 0 Å². The van der Waals surface area contributed by atoms with Gasteiger partial charge in [-0.2, -0.15) is 4.31 Å². The summed E-state index contributed by atoms with van der Waals surface area (Å²) in [5.41, 5.74) is 0.